The fourth-order valence-corrected chi connectivity index (χ4v) is 8.83. The van der Waals surface area contributed by atoms with E-state index in [-0.39, 0.29) is 0 Å². The lowest BCUT2D eigenvalue weighted by Crippen LogP contribution is -2.12. The smallest absolute Gasteiger partial charge is 0.143 e. The summed E-state index contributed by atoms with van der Waals surface area (Å²) in [4.78, 5) is 4.80. The standard InChI is InChI=1S/C56H38N2O/c1-5-21-39(22-6-1)43-29-17-19-35-50(43)57(41-25-9-3-10-26-41)52-37-49-55-47-33-15-13-31-45(47)53(38-54(55)59-56(49)48-34-16-14-32-46(48)52)58(42-27-11-4-12-28-42)51-36-20-18-30-44(51)40-23-7-2-8-24-40/h1-38H. The van der Waals surface area contributed by atoms with Crippen LogP contribution in [0.15, 0.2) is 235 Å². The van der Waals surface area contributed by atoms with Gasteiger partial charge in [0.15, 0.2) is 0 Å². The first-order valence-corrected chi connectivity index (χ1v) is 20.1. The number of nitrogens with zero attached hydrogens (tertiary/aromatic N) is 2. The molecule has 0 saturated carbocycles. The summed E-state index contributed by atoms with van der Waals surface area (Å²) in [5.41, 5.74) is 12.8. The summed E-state index contributed by atoms with van der Waals surface area (Å²) in [6, 6.07) is 82.1. The fraction of sp³-hybridized carbons (Fsp3) is 0. The summed E-state index contributed by atoms with van der Waals surface area (Å²) in [6.07, 6.45) is 0. The molecule has 0 amide bonds. The van der Waals surface area contributed by atoms with E-state index in [4.69, 9.17) is 4.42 Å². The number of hydrogen-bond acceptors (Lipinski definition) is 3. The molecule has 0 unspecified atom stereocenters. The molecule has 0 aliphatic heterocycles. The Bertz CT molecular complexity index is 3270. The van der Waals surface area contributed by atoms with E-state index in [9.17, 15) is 0 Å². The monoisotopic (exact) mass is 754 g/mol. The Morgan fingerprint density at radius 3 is 1.20 bits per heavy atom. The molecule has 0 fully saturated rings. The SMILES string of the molecule is c1ccc(-c2ccccc2N(c2ccccc2)c2cc3c(oc4cc(N(c5ccccc5)c5ccccc5-c5ccccc5)c5ccccc5c43)c3ccccc23)cc1. The number of benzene rings is 10. The number of para-hydroxylation sites is 4. The van der Waals surface area contributed by atoms with Crippen molar-refractivity contribution in [2.24, 2.45) is 0 Å². The zero-order valence-corrected chi connectivity index (χ0v) is 32.2. The Labute approximate surface area is 343 Å². The van der Waals surface area contributed by atoms with Crippen LogP contribution in [-0.2, 0) is 0 Å². The van der Waals surface area contributed by atoms with Crippen LogP contribution in [0.4, 0.5) is 34.1 Å². The molecule has 0 radical (unpaired) electrons. The average molecular weight is 755 g/mol. The van der Waals surface area contributed by atoms with E-state index in [1.54, 1.807) is 0 Å². The van der Waals surface area contributed by atoms with Gasteiger partial charge in [0.2, 0.25) is 0 Å². The van der Waals surface area contributed by atoms with Gasteiger partial charge in [-0.15, -0.1) is 0 Å². The molecule has 11 aromatic rings. The minimum Gasteiger partial charge on any atom is -0.455 e. The number of fused-ring (bicyclic) bond motifs is 7. The zero-order chi connectivity index (χ0) is 39.1. The molecular formula is C56H38N2O. The zero-order valence-electron chi connectivity index (χ0n) is 32.2. The highest BCUT2D eigenvalue weighted by molar-refractivity contribution is 6.27. The van der Waals surface area contributed by atoms with Gasteiger partial charge in [0.05, 0.1) is 22.7 Å². The van der Waals surface area contributed by atoms with Crippen LogP contribution in [0.25, 0.3) is 65.7 Å². The predicted molar refractivity (Wildman–Crippen MR) is 249 cm³/mol. The molecule has 3 nitrogen and oxygen atoms in total. The van der Waals surface area contributed by atoms with Crippen LogP contribution in [0.3, 0.4) is 0 Å². The molecule has 11 rings (SSSR count). The third-order valence-corrected chi connectivity index (χ3v) is 11.4. The van der Waals surface area contributed by atoms with Crippen molar-refractivity contribution in [1.82, 2.24) is 0 Å². The first-order chi connectivity index (χ1) is 29.3. The number of furan rings is 1. The highest BCUT2D eigenvalue weighted by Gasteiger charge is 2.26. The van der Waals surface area contributed by atoms with Gasteiger partial charge in [-0.3, -0.25) is 0 Å². The molecule has 1 heterocycles. The van der Waals surface area contributed by atoms with Crippen LogP contribution >= 0.6 is 0 Å². The van der Waals surface area contributed by atoms with Gasteiger partial charge in [-0.2, -0.15) is 0 Å². The topological polar surface area (TPSA) is 19.6 Å². The van der Waals surface area contributed by atoms with Crippen LogP contribution < -0.4 is 9.80 Å². The second-order valence-corrected chi connectivity index (χ2v) is 14.8. The van der Waals surface area contributed by atoms with E-state index >= 15 is 0 Å². The summed E-state index contributed by atoms with van der Waals surface area (Å²) in [7, 11) is 0. The summed E-state index contributed by atoms with van der Waals surface area (Å²) in [5, 5.41) is 6.62. The maximum Gasteiger partial charge on any atom is 0.143 e. The number of hydrogen-bond donors (Lipinski definition) is 0. The maximum atomic E-state index is 7.15. The van der Waals surface area contributed by atoms with Crippen molar-refractivity contribution >= 4 is 77.6 Å². The fourth-order valence-electron chi connectivity index (χ4n) is 8.83. The van der Waals surface area contributed by atoms with E-state index in [1.165, 1.54) is 5.56 Å². The van der Waals surface area contributed by atoms with Crippen LogP contribution in [-0.4, -0.2) is 0 Å². The lowest BCUT2D eigenvalue weighted by atomic mass is 9.96. The largest absolute Gasteiger partial charge is 0.455 e. The molecule has 0 bridgehead atoms. The minimum atomic E-state index is 0.838. The second kappa shape index (κ2) is 14.6. The Balaban J connectivity index is 1.21. The summed E-state index contributed by atoms with van der Waals surface area (Å²) in [5.74, 6) is 0. The Morgan fingerprint density at radius 2 is 0.678 bits per heavy atom. The van der Waals surface area contributed by atoms with E-state index in [2.05, 4.69) is 240 Å². The molecule has 0 saturated heterocycles. The molecule has 278 valence electrons. The second-order valence-electron chi connectivity index (χ2n) is 14.8. The van der Waals surface area contributed by atoms with Crippen molar-refractivity contribution in [2.75, 3.05) is 9.80 Å². The number of anilines is 6. The Morgan fingerprint density at radius 1 is 0.288 bits per heavy atom. The van der Waals surface area contributed by atoms with Gasteiger partial charge >= 0.3 is 0 Å². The first kappa shape index (κ1) is 34.4. The minimum absolute atomic E-state index is 0.838. The van der Waals surface area contributed by atoms with Gasteiger partial charge in [0.1, 0.15) is 11.2 Å². The summed E-state index contributed by atoms with van der Waals surface area (Å²) in [6.45, 7) is 0. The molecule has 3 heteroatoms. The van der Waals surface area contributed by atoms with Crippen molar-refractivity contribution < 1.29 is 4.42 Å². The van der Waals surface area contributed by atoms with E-state index < -0.39 is 0 Å². The molecule has 0 aliphatic rings. The van der Waals surface area contributed by atoms with Gasteiger partial charge in [-0.25, -0.2) is 0 Å². The van der Waals surface area contributed by atoms with Crippen LogP contribution in [0.5, 0.6) is 0 Å². The summed E-state index contributed by atoms with van der Waals surface area (Å²) >= 11 is 0. The molecule has 10 aromatic carbocycles. The molecule has 0 atom stereocenters. The van der Waals surface area contributed by atoms with E-state index in [1.807, 2.05) is 0 Å². The Hall–Kier alpha value is -7.88. The quantitative estimate of drug-likeness (QED) is 0.154. The van der Waals surface area contributed by atoms with Gasteiger partial charge < -0.3 is 14.2 Å². The lowest BCUT2D eigenvalue weighted by molar-refractivity contribution is 0.673. The third-order valence-electron chi connectivity index (χ3n) is 11.4. The average Bonchev–Trinajstić information content (AvgIpc) is 3.70. The van der Waals surface area contributed by atoms with Crippen molar-refractivity contribution in [3.05, 3.63) is 231 Å². The van der Waals surface area contributed by atoms with E-state index in [0.29, 0.717) is 0 Å². The van der Waals surface area contributed by atoms with Gasteiger partial charge in [0.25, 0.3) is 0 Å². The van der Waals surface area contributed by atoms with Crippen LogP contribution in [0, 0.1) is 0 Å². The number of rotatable bonds is 8. The van der Waals surface area contributed by atoms with Crippen molar-refractivity contribution in [1.29, 1.82) is 0 Å². The predicted octanol–water partition coefficient (Wildman–Crippen LogP) is 16.2. The van der Waals surface area contributed by atoms with Gasteiger partial charge in [0, 0.05) is 55.5 Å². The molecular weight excluding hydrogens is 717 g/mol. The normalized spacial score (nSPS) is 11.4. The molecule has 0 aliphatic carbocycles. The van der Waals surface area contributed by atoms with Gasteiger partial charge in [-0.05, 0) is 59.0 Å². The van der Waals surface area contributed by atoms with Crippen molar-refractivity contribution in [2.45, 2.75) is 0 Å². The summed E-state index contributed by atoms with van der Waals surface area (Å²) < 4.78 is 7.15. The molecule has 0 spiro atoms. The first-order valence-electron chi connectivity index (χ1n) is 20.1. The van der Waals surface area contributed by atoms with E-state index in [0.717, 1.165) is 94.3 Å². The highest BCUT2D eigenvalue weighted by Crippen LogP contribution is 2.50. The highest BCUT2D eigenvalue weighted by atomic mass is 16.3. The third kappa shape index (κ3) is 5.91. The van der Waals surface area contributed by atoms with Crippen molar-refractivity contribution in [3.8, 4) is 22.3 Å². The lowest BCUT2D eigenvalue weighted by Gasteiger charge is -2.29. The maximum absolute atomic E-state index is 7.15. The molecule has 0 N–H and O–H groups in total. The Kier molecular flexibility index (Phi) is 8.49. The van der Waals surface area contributed by atoms with Crippen molar-refractivity contribution in [3.63, 3.8) is 0 Å². The van der Waals surface area contributed by atoms with Crippen LogP contribution in [0.1, 0.15) is 0 Å². The molecule has 1 aromatic heterocycles. The van der Waals surface area contributed by atoms with Crippen LogP contribution in [0.2, 0.25) is 0 Å². The van der Waals surface area contributed by atoms with Gasteiger partial charge in [-0.1, -0.05) is 182 Å². The molecule has 59 heavy (non-hydrogen) atoms.